The number of methoxy groups -OCH3 is 2. The van der Waals surface area contributed by atoms with E-state index in [1.807, 2.05) is 24.3 Å². The summed E-state index contributed by atoms with van der Waals surface area (Å²) in [7, 11) is 3.12. The van der Waals surface area contributed by atoms with Gasteiger partial charge < -0.3 is 19.6 Å². The molecule has 3 rings (SSSR count). The fourth-order valence-corrected chi connectivity index (χ4v) is 2.56. The summed E-state index contributed by atoms with van der Waals surface area (Å²) in [5.41, 5.74) is 0.774. The molecule has 0 aliphatic rings. The van der Waals surface area contributed by atoms with Crippen LogP contribution in [0.4, 0.5) is 5.69 Å². The zero-order valence-corrected chi connectivity index (χ0v) is 15.5. The summed E-state index contributed by atoms with van der Waals surface area (Å²) < 4.78 is 11.3. The van der Waals surface area contributed by atoms with Crippen LogP contribution in [-0.2, 0) is 6.61 Å². The fraction of sp³-hybridized carbons (Fsp3) is 0.143. The third kappa shape index (κ3) is 4.50. The molecule has 0 fully saturated rings. The van der Waals surface area contributed by atoms with Crippen LogP contribution in [0.5, 0.6) is 11.5 Å². The Hall–Kier alpha value is -3.74. The van der Waals surface area contributed by atoms with Gasteiger partial charge in [0.1, 0.15) is 23.7 Å². The zero-order valence-electron chi connectivity index (χ0n) is 15.5. The lowest BCUT2D eigenvalue weighted by Crippen LogP contribution is -2.32. The second kappa shape index (κ2) is 8.77. The molecule has 3 aromatic rings. The number of nitrogens with one attached hydrogen (secondary N) is 1. The van der Waals surface area contributed by atoms with E-state index in [0.29, 0.717) is 17.2 Å². The number of anilines is 1. The van der Waals surface area contributed by atoms with E-state index in [9.17, 15) is 9.59 Å². The molecule has 0 radical (unpaired) electrons. The molecule has 1 N–H and O–H groups in total. The second-order valence-corrected chi connectivity index (χ2v) is 5.86. The summed E-state index contributed by atoms with van der Waals surface area (Å²) in [4.78, 5) is 30.7. The van der Waals surface area contributed by atoms with E-state index >= 15 is 0 Å². The molecule has 0 unspecified atom stereocenters. The molecule has 144 valence electrons. The van der Waals surface area contributed by atoms with Crippen LogP contribution < -0.4 is 25.2 Å². The average Bonchev–Trinajstić information content (AvgIpc) is 2.73. The van der Waals surface area contributed by atoms with E-state index in [-0.39, 0.29) is 12.2 Å². The molecule has 28 heavy (non-hydrogen) atoms. The molecule has 0 saturated carbocycles. The minimum absolute atomic E-state index is 0.0315. The van der Waals surface area contributed by atoms with Crippen LogP contribution in [0.2, 0.25) is 0 Å². The lowest BCUT2D eigenvalue weighted by Gasteiger charge is -2.11. The lowest BCUT2D eigenvalue weighted by molar-refractivity contribution is 0.0862. The molecule has 0 saturated heterocycles. The number of benzene rings is 2. The summed E-state index contributed by atoms with van der Waals surface area (Å²) in [6.07, 6.45) is 1.46. The molecule has 7 heteroatoms. The molecule has 1 aromatic heterocycles. The van der Waals surface area contributed by atoms with Crippen molar-refractivity contribution in [3.05, 3.63) is 88.3 Å². The maximum Gasteiger partial charge on any atom is 0.295 e. The molecule has 0 spiro atoms. The normalized spacial score (nSPS) is 10.2. The summed E-state index contributed by atoms with van der Waals surface area (Å²) in [5, 5.41) is 2.69. The van der Waals surface area contributed by atoms with E-state index in [2.05, 4.69) is 5.32 Å². The number of amides is 1. The van der Waals surface area contributed by atoms with Crippen molar-refractivity contribution in [3.63, 3.8) is 0 Å². The minimum atomic E-state index is -0.550. The first-order chi connectivity index (χ1) is 13.6. The van der Waals surface area contributed by atoms with E-state index < -0.39 is 11.5 Å². The predicted octanol–water partition coefficient (Wildman–Crippen LogP) is 2.75. The number of carbonyl (C=O) groups excluding carboxylic acids is 1. The van der Waals surface area contributed by atoms with E-state index in [4.69, 9.17) is 14.3 Å². The second-order valence-electron chi connectivity index (χ2n) is 5.86. The van der Waals surface area contributed by atoms with Gasteiger partial charge in [0.2, 0.25) is 0 Å². The van der Waals surface area contributed by atoms with Gasteiger partial charge >= 0.3 is 0 Å². The van der Waals surface area contributed by atoms with Crippen molar-refractivity contribution in [2.75, 3.05) is 19.5 Å². The Morgan fingerprint density at radius 3 is 2.43 bits per heavy atom. The van der Waals surface area contributed by atoms with Crippen LogP contribution in [-0.4, -0.2) is 24.9 Å². The number of pyridine rings is 1. The molecular weight excluding hydrogens is 360 g/mol. The SMILES string of the molecule is COc1cccc(COn2cccc(C(=O)Nc3cccc(OC)c3)c2=O)c1. The average molecular weight is 380 g/mol. The zero-order chi connectivity index (χ0) is 19.9. The maximum absolute atomic E-state index is 12.6. The van der Waals surface area contributed by atoms with Crippen LogP contribution in [0, 0.1) is 0 Å². The van der Waals surface area contributed by atoms with Crippen LogP contribution >= 0.6 is 0 Å². The van der Waals surface area contributed by atoms with Gasteiger partial charge in [-0.2, -0.15) is 4.73 Å². The van der Waals surface area contributed by atoms with Crippen LogP contribution in [0.25, 0.3) is 0 Å². The highest BCUT2D eigenvalue weighted by molar-refractivity contribution is 6.04. The standard InChI is InChI=1S/C21H20N2O5/c1-26-17-8-3-6-15(12-17)14-28-23-11-5-10-19(21(23)25)20(24)22-16-7-4-9-18(13-16)27-2/h3-13H,14H2,1-2H3,(H,22,24). The first-order valence-corrected chi connectivity index (χ1v) is 8.54. The Kier molecular flexibility index (Phi) is 5.96. The summed E-state index contributed by atoms with van der Waals surface area (Å²) in [6.45, 7) is 0.151. The number of nitrogens with zero attached hydrogens (tertiary/aromatic N) is 1. The molecule has 1 amide bonds. The number of hydrogen-bond acceptors (Lipinski definition) is 5. The smallest absolute Gasteiger partial charge is 0.295 e. The van der Waals surface area contributed by atoms with Gasteiger partial charge in [0.15, 0.2) is 0 Å². The van der Waals surface area contributed by atoms with Gasteiger partial charge in [0.25, 0.3) is 11.5 Å². The van der Waals surface area contributed by atoms with Crippen LogP contribution in [0.15, 0.2) is 71.7 Å². The molecule has 0 aliphatic heterocycles. The van der Waals surface area contributed by atoms with Gasteiger partial charge in [0, 0.05) is 18.0 Å². The summed E-state index contributed by atoms with van der Waals surface area (Å²) >= 11 is 0. The largest absolute Gasteiger partial charge is 0.497 e. The minimum Gasteiger partial charge on any atom is -0.497 e. The van der Waals surface area contributed by atoms with E-state index in [1.165, 1.54) is 19.4 Å². The Labute approximate surface area is 162 Å². The van der Waals surface area contributed by atoms with Gasteiger partial charge in [0.05, 0.1) is 14.2 Å². The van der Waals surface area contributed by atoms with Crippen molar-refractivity contribution in [1.82, 2.24) is 4.73 Å². The number of aromatic nitrogens is 1. The number of ether oxygens (including phenoxy) is 2. The Bertz CT molecular complexity index is 1030. The molecule has 7 nitrogen and oxygen atoms in total. The molecular formula is C21H20N2O5. The highest BCUT2D eigenvalue weighted by Gasteiger charge is 2.13. The van der Waals surface area contributed by atoms with Gasteiger partial charge in [-0.25, -0.2) is 0 Å². The van der Waals surface area contributed by atoms with Gasteiger partial charge in [-0.05, 0) is 42.0 Å². The molecule has 2 aromatic carbocycles. The number of rotatable bonds is 7. The first-order valence-electron chi connectivity index (χ1n) is 8.54. The highest BCUT2D eigenvalue weighted by Crippen LogP contribution is 2.17. The van der Waals surface area contributed by atoms with Gasteiger partial charge in [-0.3, -0.25) is 9.59 Å². The maximum atomic E-state index is 12.6. The summed E-state index contributed by atoms with van der Waals surface area (Å²) in [5.74, 6) is 0.766. The van der Waals surface area contributed by atoms with Gasteiger partial charge in [-0.1, -0.05) is 18.2 Å². The third-order valence-corrected chi connectivity index (χ3v) is 3.99. The van der Waals surface area contributed by atoms with Crippen LogP contribution in [0.1, 0.15) is 15.9 Å². The van der Waals surface area contributed by atoms with E-state index in [1.54, 1.807) is 37.4 Å². The van der Waals surface area contributed by atoms with Crippen molar-refractivity contribution < 1.29 is 19.1 Å². The monoisotopic (exact) mass is 380 g/mol. The summed E-state index contributed by atoms with van der Waals surface area (Å²) in [6, 6.07) is 17.2. The van der Waals surface area contributed by atoms with Crippen molar-refractivity contribution >= 4 is 11.6 Å². The Morgan fingerprint density at radius 2 is 1.68 bits per heavy atom. The van der Waals surface area contributed by atoms with Crippen molar-refractivity contribution in [3.8, 4) is 11.5 Å². The van der Waals surface area contributed by atoms with Crippen molar-refractivity contribution in [1.29, 1.82) is 0 Å². The molecule has 0 aliphatic carbocycles. The predicted molar refractivity (Wildman–Crippen MR) is 105 cm³/mol. The van der Waals surface area contributed by atoms with Crippen molar-refractivity contribution in [2.45, 2.75) is 6.61 Å². The Morgan fingerprint density at radius 1 is 0.964 bits per heavy atom. The first kappa shape index (κ1) is 19.0. The Balaban J connectivity index is 1.74. The molecule has 1 heterocycles. The number of hydrogen-bond donors (Lipinski definition) is 1. The lowest BCUT2D eigenvalue weighted by atomic mass is 10.2. The fourth-order valence-electron chi connectivity index (χ4n) is 2.56. The number of carbonyl (C=O) groups is 1. The van der Waals surface area contributed by atoms with E-state index in [0.717, 1.165) is 10.3 Å². The highest BCUT2D eigenvalue weighted by atomic mass is 16.7. The quantitative estimate of drug-likeness (QED) is 0.682. The topological polar surface area (TPSA) is 78.8 Å². The molecule has 0 atom stereocenters. The molecule has 0 bridgehead atoms. The van der Waals surface area contributed by atoms with Crippen molar-refractivity contribution in [2.24, 2.45) is 0 Å². The van der Waals surface area contributed by atoms with Gasteiger partial charge in [-0.15, -0.1) is 0 Å². The third-order valence-electron chi connectivity index (χ3n) is 3.99. The van der Waals surface area contributed by atoms with Crippen LogP contribution in [0.3, 0.4) is 0 Å².